The number of nitrogens with two attached hydrogens (primary N) is 1. The molecule has 0 saturated carbocycles. The summed E-state index contributed by atoms with van der Waals surface area (Å²) in [5.74, 6) is 0.532. The van der Waals surface area contributed by atoms with Gasteiger partial charge in [0, 0.05) is 17.0 Å². The predicted octanol–water partition coefficient (Wildman–Crippen LogP) is 2.52. The number of hydrogen-bond acceptors (Lipinski definition) is 1. The topological polar surface area (TPSA) is 61.9 Å². The molecule has 0 bridgehead atoms. The van der Waals surface area contributed by atoms with Gasteiger partial charge >= 0.3 is 0 Å². The molecule has 0 aromatic heterocycles. The van der Waals surface area contributed by atoms with Crippen LogP contribution in [0.25, 0.3) is 0 Å². The Labute approximate surface area is 115 Å². The third-order valence-corrected chi connectivity index (χ3v) is 4.18. The number of nitrogens with one attached hydrogen (secondary N) is 2. The fourth-order valence-corrected chi connectivity index (χ4v) is 3.45. The summed E-state index contributed by atoms with van der Waals surface area (Å²) in [4.78, 5) is 0. The summed E-state index contributed by atoms with van der Waals surface area (Å²) in [6, 6.07) is 9.27. The van der Waals surface area contributed by atoms with E-state index in [2.05, 4.69) is 57.4 Å². The SMILES string of the molecule is CC(C)C1c2ccccc2C[N+]1(NC(=N)N)C(C)C. The van der Waals surface area contributed by atoms with Gasteiger partial charge in [-0.15, -0.1) is 0 Å². The molecule has 104 valence electrons. The first-order chi connectivity index (χ1) is 8.88. The van der Waals surface area contributed by atoms with Gasteiger partial charge in [-0.1, -0.05) is 38.1 Å². The van der Waals surface area contributed by atoms with Crippen LogP contribution in [0.4, 0.5) is 0 Å². The van der Waals surface area contributed by atoms with E-state index in [9.17, 15) is 0 Å². The van der Waals surface area contributed by atoms with E-state index in [1.807, 2.05) is 0 Å². The Bertz CT molecular complexity index is 481. The first-order valence-corrected chi connectivity index (χ1v) is 6.96. The summed E-state index contributed by atoms with van der Waals surface area (Å²) in [5.41, 5.74) is 11.6. The van der Waals surface area contributed by atoms with Crippen molar-refractivity contribution < 1.29 is 4.59 Å². The van der Waals surface area contributed by atoms with Crippen LogP contribution in [-0.4, -0.2) is 16.6 Å². The molecule has 1 aliphatic heterocycles. The molecule has 4 N–H and O–H groups in total. The summed E-state index contributed by atoms with van der Waals surface area (Å²) in [7, 11) is 0. The van der Waals surface area contributed by atoms with Crippen molar-refractivity contribution in [2.75, 3.05) is 0 Å². The molecule has 2 unspecified atom stereocenters. The van der Waals surface area contributed by atoms with Crippen LogP contribution in [0, 0.1) is 11.3 Å². The van der Waals surface area contributed by atoms with Crippen LogP contribution in [-0.2, 0) is 6.54 Å². The van der Waals surface area contributed by atoms with E-state index < -0.39 is 0 Å². The monoisotopic (exact) mass is 261 g/mol. The van der Waals surface area contributed by atoms with E-state index in [4.69, 9.17) is 11.1 Å². The van der Waals surface area contributed by atoms with E-state index in [0.29, 0.717) is 22.6 Å². The number of hydrogen-bond donors (Lipinski definition) is 3. The van der Waals surface area contributed by atoms with Crippen molar-refractivity contribution in [1.82, 2.24) is 5.43 Å². The van der Waals surface area contributed by atoms with Gasteiger partial charge in [-0.05, 0) is 13.8 Å². The molecule has 1 aliphatic rings. The molecule has 0 aliphatic carbocycles. The van der Waals surface area contributed by atoms with Crippen molar-refractivity contribution in [3.8, 4) is 0 Å². The summed E-state index contributed by atoms with van der Waals surface area (Å²) in [5, 5.41) is 7.67. The maximum atomic E-state index is 7.67. The standard InChI is InChI=1S/C15H25N4/c1-10(2)14-13-8-6-5-7-12(13)9-19(14,11(3)4)18-15(16)17/h5-8,10-11,14H,9H2,1-4H3,(H4,16,17,18)/q+1. The zero-order chi connectivity index (χ0) is 14.2. The Hall–Kier alpha value is -1.55. The maximum Gasteiger partial charge on any atom is 0.232 e. The van der Waals surface area contributed by atoms with Gasteiger partial charge in [0.2, 0.25) is 5.96 Å². The fraction of sp³-hybridized carbons (Fsp3) is 0.533. The van der Waals surface area contributed by atoms with E-state index in [0.717, 1.165) is 6.54 Å². The lowest BCUT2D eigenvalue weighted by molar-refractivity contribution is -1.01. The molecule has 0 spiro atoms. The van der Waals surface area contributed by atoms with Crippen LogP contribution in [0.5, 0.6) is 0 Å². The highest BCUT2D eigenvalue weighted by Gasteiger charge is 2.50. The summed E-state index contributed by atoms with van der Waals surface area (Å²) in [6.45, 7) is 9.75. The van der Waals surface area contributed by atoms with Crippen molar-refractivity contribution in [1.29, 1.82) is 5.41 Å². The third kappa shape index (κ3) is 2.21. The summed E-state index contributed by atoms with van der Waals surface area (Å²) in [6.07, 6.45) is 0. The molecule has 2 rings (SSSR count). The number of fused-ring (bicyclic) bond motifs is 1. The zero-order valence-corrected chi connectivity index (χ0v) is 12.3. The van der Waals surface area contributed by atoms with Gasteiger partial charge < -0.3 is 5.73 Å². The predicted molar refractivity (Wildman–Crippen MR) is 78.2 cm³/mol. The second kappa shape index (κ2) is 4.85. The quantitative estimate of drug-likeness (QED) is 0.445. The van der Waals surface area contributed by atoms with Gasteiger partial charge in [0.05, 0.1) is 0 Å². The highest BCUT2D eigenvalue weighted by atomic mass is 15.7. The Morgan fingerprint density at radius 2 is 1.95 bits per heavy atom. The van der Waals surface area contributed by atoms with Crippen LogP contribution < -0.4 is 11.2 Å². The molecule has 1 heterocycles. The molecule has 0 saturated heterocycles. The maximum absolute atomic E-state index is 7.67. The Balaban J connectivity index is 2.53. The van der Waals surface area contributed by atoms with Gasteiger partial charge in [0.15, 0.2) is 0 Å². The summed E-state index contributed by atoms with van der Waals surface area (Å²) < 4.78 is 0.645. The Morgan fingerprint density at radius 3 is 2.47 bits per heavy atom. The molecule has 0 radical (unpaired) electrons. The van der Waals surface area contributed by atoms with Gasteiger partial charge in [-0.2, -0.15) is 0 Å². The second-order valence-electron chi connectivity index (χ2n) is 6.10. The minimum absolute atomic E-state index is 0.0483. The van der Waals surface area contributed by atoms with Gasteiger partial charge in [-0.25, -0.2) is 10.0 Å². The second-order valence-corrected chi connectivity index (χ2v) is 6.10. The van der Waals surface area contributed by atoms with Crippen LogP contribution in [0.15, 0.2) is 24.3 Å². The van der Waals surface area contributed by atoms with Crippen molar-refractivity contribution in [3.05, 3.63) is 35.4 Å². The lowest BCUT2D eigenvalue weighted by Crippen LogP contribution is -2.64. The molecule has 0 amide bonds. The lowest BCUT2D eigenvalue weighted by atomic mass is 9.94. The number of rotatable bonds is 3. The van der Waals surface area contributed by atoms with Crippen LogP contribution in [0.1, 0.15) is 44.9 Å². The Morgan fingerprint density at radius 1 is 1.32 bits per heavy atom. The first kappa shape index (κ1) is 13.9. The van der Waals surface area contributed by atoms with Crippen LogP contribution in [0.3, 0.4) is 0 Å². The normalized spacial score (nSPS) is 25.7. The number of nitrogens with zero attached hydrogens (tertiary/aromatic N) is 1. The van der Waals surface area contributed by atoms with Crippen molar-refractivity contribution >= 4 is 5.96 Å². The summed E-state index contributed by atoms with van der Waals surface area (Å²) >= 11 is 0. The van der Waals surface area contributed by atoms with Gasteiger partial charge in [0.1, 0.15) is 18.6 Å². The molecule has 0 fully saturated rings. The number of benzene rings is 1. The van der Waals surface area contributed by atoms with E-state index in [-0.39, 0.29) is 5.96 Å². The van der Waals surface area contributed by atoms with Crippen LogP contribution in [0.2, 0.25) is 0 Å². The molecule has 4 heteroatoms. The molecule has 4 nitrogen and oxygen atoms in total. The van der Waals surface area contributed by atoms with Crippen molar-refractivity contribution in [2.45, 2.75) is 46.3 Å². The van der Waals surface area contributed by atoms with Crippen molar-refractivity contribution in [3.63, 3.8) is 0 Å². The Kier molecular flexibility index (Phi) is 3.54. The van der Waals surface area contributed by atoms with E-state index >= 15 is 0 Å². The smallest absolute Gasteiger partial charge is 0.232 e. The fourth-order valence-electron chi connectivity index (χ4n) is 3.45. The van der Waals surface area contributed by atoms with Crippen molar-refractivity contribution in [2.24, 2.45) is 11.7 Å². The van der Waals surface area contributed by atoms with E-state index in [1.165, 1.54) is 11.1 Å². The highest BCUT2D eigenvalue weighted by molar-refractivity contribution is 5.73. The average Bonchev–Trinajstić information content (AvgIpc) is 2.62. The minimum atomic E-state index is 0.0483. The molecule has 1 aromatic rings. The van der Waals surface area contributed by atoms with Gasteiger partial charge in [-0.3, -0.25) is 5.41 Å². The molecular weight excluding hydrogens is 236 g/mol. The third-order valence-electron chi connectivity index (χ3n) is 4.18. The average molecular weight is 261 g/mol. The molecule has 1 aromatic carbocycles. The first-order valence-electron chi connectivity index (χ1n) is 6.96. The van der Waals surface area contributed by atoms with E-state index in [1.54, 1.807) is 0 Å². The highest BCUT2D eigenvalue weighted by Crippen LogP contribution is 2.44. The largest absolute Gasteiger partial charge is 0.366 e. The molecular formula is C15H25N4+. The molecule has 2 atom stereocenters. The van der Waals surface area contributed by atoms with Crippen LogP contribution >= 0.6 is 0 Å². The minimum Gasteiger partial charge on any atom is -0.366 e. The molecule has 19 heavy (non-hydrogen) atoms. The zero-order valence-electron chi connectivity index (χ0n) is 12.3. The number of guanidine groups is 1. The lowest BCUT2D eigenvalue weighted by Gasteiger charge is -2.44. The van der Waals surface area contributed by atoms with Gasteiger partial charge in [0.25, 0.3) is 0 Å². The number of quaternary nitrogens is 1.